The molecule has 0 saturated heterocycles. The monoisotopic (exact) mass is 391 g/mol. The summed E-state index contributed by atoms with van der Waals surface area (Å²) in [6.45, 7) is 14.4. The summed E-state index contributed by atoms with van der Waals surface area (Å²) >= 11 is 0. The van der Waals surface area contributed by atoms with Crippen molar-refractivity contribution in [3.05, 3.63) is 78.2 Å². The Morgan fingerprint density at radius 3 is 2.00 bits per heavy atom. The number of pyridine rings is 1. The molecule has 0 N–H and O–H groups in total. The van der Waals surface area contributed by atoms with Crippen LogP contribution in [0.5, 0.6) is 0 Å². The third-order valence-corrected chi connectivity index (χ3v) is 4.62. The maximum atomic E-state index is 5.37. The van der Waals surface area contributed by atoms with Crippen molar-refractivity contribution < 1.29 is 4.42 Å². The van der Waals surface area contributed by atoms with Crippen molar-refractivity contribution in [2.45, 2.75) is 67.2 Å². The fourth-order valence-electron chi connectivity index (χ4n) is 3.19. The second-order valence-electron chi connectivity index (χ2n) is 6.37. The maximum absolute atomic E-state index is 5.37. The zero-order valence-electron chi connectivity index (χ0n) is 19.2. The lowest BCUT2D eigenvalue weighted by Crippen LogP contribution is -1.96. The normalized spacial score (nSPS) is 9.79. The lowest BCUT2D eigenvalue weighted by atomic mass is 9.94. The Kier molecular flexibility index (Phi) is 11.4. The molecule has 0 aliphatic carbocycles. The standard InChI is InChI=1S/C14H17N.C9H8O.2C2H6/c1-3-11(4-2)13-9-12-7-5-6-8-14(12)15-10-13;1-7-6-8-4-2-3-5-9(8)10-7;2*1-2/h5-11H,3-4H2,1-2H3;2-6H,1H3;2*1-2H3. The maximum Gasteiger partial charge on any atom is 0.134 e. The van der Waals surface area contributed by atoms with Gasteiger partial charge >= 0.3 is 0 Å². The number of para-hydroxylation sites is 2. The molecule has 0 saturated carbocycles. The molecular weight excluding hydrogens is 354 g/mol. The summed E-state index contributed by atoms with van der Waals surface area (Å²) in [5.74, 6) is 1.63. The number of rotatable bonds is 3. The van der Waals surface area contributed by atoms with Gasteiger partial charge < -0.3 is 4.42 Å². The number of hydrogen-bond donors (Lipinski definition) is 0. The highest BCUT2D eigenvalue weighted by molar-refractivity contribution is 5.79. The Bertz CT molecular complexity index is 918. The number of fused-ring (bicyclic) bond motifs is 2. The summed E-state index contributed by atoms with van der Waals surface area (Å²) in [5, 5.41) is 2.43. The van der Waals surface area contributed by atoms with E-state index < -0.39 is 0 Å². The van der Waals surface area contributed by atoms with Crippen LogP contribution >= 0.6 is 0 Å². The Balaban J connectivity index is 0.000000260. The van der Waals surface area contributed by atoms with Crippen LogP contribution in [-0.2, 0) is 0 Å². The van der Waals surface area contributed by atoms with E-state index in [2.05, 4.69) is 43.1 Å². The average molecular weight is 392 g/mol. The molecule has 156 valence electrons. The summed E-state index contributed by atoms with van der Waals surface area (Å²) in [4.78, 5) is 4.50. The van der Waals surface area contributed by atoms with Crippen molar-refractivity contribution in [2.75, 3.05) is 0 Å². The van der Waals surface area contributed by atoms with Crippen molar-refractivity contribution in [1.29, 1.82) is 0 Å². The van der Waals surface area contributed by atoms with Crippen LogP contribution in [0.3, 0.4) is 0 Å². The Morgan fingerprint density at radius 1 is 0.793 bits per heavy atom. The van der Waals surface area contributed by atoms with E-state index in [0.717, 1.165) is 16.9 Å². The van der Waals surface area contributed by atoms with Gasteiger partial charge in [0.1, 0.15) is 11.3 Å². The fraction of sp³-hybridized carbons (Fsp3) is 0.370. The van der Waals surface area contributed by atoms with Crippen LogP contribution < -0.4 is 0 Å². The smallest absolute Gasteiger partial charge is 0.134 e. The predicted octanol–water partition coefficient (Wildman–Crippen LogP) is 8.93. The lowest BCUT2D eigenvalue weighted by Gasteiger charge is -2.12. The number of aromatic nitrogens is 1. The molecule has 2 aromatic carbocycles. The van der Waals surface area contributed by atoms with Crippen LogP contribution in [0, 0.1) is 6.92 Å². The Labute approximate surface area is 177 Å². The quantitative estimate of drug-likeness (QED) is 0.348. The van der Waals surface area contributed by atoms with Crippen molar-refractivity contribution in [1.82, 2.24) is 4.98 Å². The first-order valence-corrected chi connectivity index (χ1v) is 11.0. The largest absolute Gasteiger partial charge is 0.461 e. The lowest BCUT2D eigenvalue weighted by molar-refractivity contribution is 0.578. The van der Waals surface area contributed by atoms with E-state index >= 15 is 0 Å². The van der Waals surface area contributed by atoms with Gasteiger partial charge in [0.2, 0.25) is 0 Å². The second kappa shape index (κ2) is 13.5. The zero-order valence-corrected chi connectivity index (χ0v) is 19.2. The first-order valence-electron chi connectivity index (χ1n) is 11.0. The number of nitrogens with zero attached hydrogens (tertiary/aromatic N) is 1. The molecule has 0 aliphatic heterocycles. The van der Waals surface area contributed by atoms with E-state index in [9.17, 15) is 0 Å². The van der Waals surface area contributed by atoms with Gasteiger partial charge in [0, 0.05) is 17.0 Å². The third-order valence-electron chi connectivity index (χ3n) is 4.62. The Morgan fingerprint density at radius 2 is 1.38 bits per heavy atom. The highest BCUT2D eigenvalue weighted by Crippen LogP contribution is 2.24. The van der Waals surface area contributed by atoms with Crippen molar-refractivity contribution >= 4 is 21.9 Å². The van der Waals surface area contributed by atoms with Gasteiger partial charge in [0.25, 0.3) is 0 Å². The van der Waals surface area contributed by atoms with E-state index in [1.54, 1.807) is 0 Å². The highest BCUT2D eigenvalue weighted by Gasteiger charge is 2.07. The van der Waals surface area contributed by atoms with E-state index in [4.69, 9.17) is 4.42 Å². The van der Waals surface area contributed by atoms with Crippen LogP contribution in [0.25, 0.3) is 21.9 Å². The van der Waals surface area contributed by atoms with Gasteiger partial charge in [-0.2, -0.15) is 0 Å². The van der Waals surface area contributed by atoms with Crippen LogP contribution in [0.15, 0.2) is 71.3 Å². The molecule has 2 nitrogen and oxygen atoms in total. The Hall–Kier alpha value is -2.61. The van der Waals surface area contributed by atoms with E-state index in [1.807, 2.05) is 77.2 Å². The summed E-state index contributed by atoms with van der Waals surface area (Å²) in [7, 11) is 0. The van der Waals surface area contributed by atoms with Gasteiger partial charge in [0.05, 0.1) is 5.52 Å². The van der Waals surface area contributed by atoms with Gasteiger partial charge in [-0.05, 0) is 55.5 Å². The molecule has 0 aliphatic rings. The second-order valence-corrected chi connectivity index (χ2v) is 6.37. The van der Waals surface area contributed by atoms with Crippen LogP contribution in [0.1, 0.15) is 71.6 Å². The van der Waals surface area contributed by atoms with Crippen LogP contribution in [0.2, 0.25) is 0 Å². The number of benzene rings is 2. The molecule has 0 bridgehead atoms. The summed E-state index contributed by atoms with van der Waals surface area (Å²) < 4.78 is 5.37. The molecule has 0 spiro atoms. The molecule has 2 aromatic heterocycles. The van der Waals surface area contributed by atoms with Gasteiger partial charge in [-0.3, -0.25) is 4.98 Å². The fourth-order valence-corrected chi connectivity index (χ4v) is 3.19. The summed E-state index contributed by atoms with van der Waals surface area (Å²) in [6.07, 6.45) is 4.41. The van der Waals surface area contributed by atoms with Gasteiger partial charge in [-0.25, -0.2) is 0 Å². The molecule has 2 heteroatoms. The van der Waals surface area contributed by atoms with Crippen molar-refractivity contribution in [3.8, 4) is 0 Å². The molecule has 0 amide bonds. The first-order chi connectivity index (χ1) is 14.2. The van der Waals surface area contributed by atoms with Gasteiger partial charge in [-0.15, -0.1) is 0 Å². The minimum Gasteiger partial charge on any atom is -0.461 e. The van der Waals surface area contributed by atoms with Crippen molar-refractivity contribution in [3.63, 3.8) is 0 Å². The molecule has 0 radical (unpaired) electrons. The van der Waals surface area contributed by atoms with Crippen LogP contribution in [-0.4, -0.2) is 4.98 Å². The predicted molar refractivity (Wildman–Crippen MR) is 129 cm³/mol. The SMILES string of the molecule is CC.CC.CCC(CC)c1cnc2ccccc2c1.Cc1cc2ccccc2o1. The van der Waals surface area contributed by atoms with Gasteiger partial charge in [-0.1, -0.05) is 77.9 Å². The van der Waals surface area contributed by atoms with Gasteiger partial charge in [0.15, 0.2) is 0 Å². The molecule has 0 atom stereocenters. The average Bonchev–Trinajstić information content (AvgIpc) is 3.18. The van der Waals surface area contributed by atoms with E-state index in [-0.39, 0.29) is 0 Å². The van der Waals surface area contributed by atoms with Crippen LogP contribution in [0.4, 0.5) is 0 Å². The number of furan rings is 1. The number of aryl methyl sites for hydroxylation is 1. The van der Waals surface area contributed by atoms with Crippen molar-refractivity contribution in [2.24, 2.45) is 0 Å². The zero-order chi connectivity index (χ0) is 21.6. The summed E-state index contributed by atoms with van der Waals surface area (Å²) in [5.41, 5.74) is 3.44. The highest BCUT2D eigenvalue weighted by atomic mass is 16.3. The minimum absolute atomic E-state index is 0.655. The third kappa shape index (κ3) is 7.05. The minimum atomic E-state index is 0.655. The molecule has 0 unspecified atom stereocenters. The van der Waals surface area contributed by atoms with E-state index in [0.29, 0.717) is 5.92 Å². The topological polar surface area (TPSA) is 26.0 Å². The molecular formula is C27H37NO. The molecule has 4 rings (SSSR count). The first kappa shape index (κ1) is 24.4. The molecule has 0 fully saturated rings. The summed E-state index contributed by atoms with van der Waals surface area (Å²) in [6, 6.07) is 20.6. The van der Waals surface area contributed by atoms with E-state index in [1.165, 1.54) is 29.2 Å². The molecule has 29 heavy (non-hydrogen) atoms. The number of hydrogen-bond acceptors (Lipinski definition) is 2. The molecule has 4 aromatic rings. The molecule has 2 heterocycles.